The summed E-state index contributed by atoms with van der Waals surface area (Å²) in [6, 6.07) is 5.38. The second-order valence-corrected chi connectivity index (χ2v) is 7.54. The fourth-order valence-electron chi connectivity index (χ4n) is 1.25. The maximum absolute atomic E-state index is 13.0. The lowest BCUT2D eigenvalue weighted by Gasteiger charge is -2.06. The van der Waals surface area contributed by atoms with E-state index in [0.717, 1.165) is 6.07 Å². The Morgan fingerprint density at radius 1 is 1.12 bits per heavy atom. The van der Waals surface area contributed by atoms with E-state index in [-0.39, 0.29) is 5.69 Å². The third kappa shape index (κ3) is 3.50. The van der Waals surface area contributed by atoms with Crippen LogP contribution in [0.15, 0.2) is 33.5 Å². The van der Waals surface area contributed by atoms with E-state index in [1.165, 1.54) is 18.2 Å². The van der Waals surface area contributed by atoms with Gasteiger partial charge in [-0.25, -0.2) is 4.21 Å². The Bertz CT molecular complexity index is 606. The molecule has 0 radical (unpaired) electrons. The molecule has 0 aliphatic heterocycles. The summed E-state index contributed by atoms with van der Waals surface area (Å²) < 4.78 is 50.8. The molecule has 0 fully saturated rings. The Morgan fingerprint density at radius 2 is 1.65 bits per heavy atom. The second kappa shape index (κ2) is 5.14. The van der Waals surface area contributed by atoms with Gasteiger partial charge < -0.3 is 0 Å². The molecule has 96 valence electrons. The Morgan fingerprint density at radius 3 is 2.12 bits per heavy atom. The van der Waals surface area contributed by atoms with Crippen LogP contribution in [0.2, 0.25) is 0 Å². The summed E-state index contributed by atoms with van der Waals surface area (Å²) in [5.74, 6) is 0.592. The van der Waals surface area contributed by atoms with Crippen LogP contribution >= 0.6 is 0 Å². The first-order valence-electron chi connectivity index (χ1n) is 5.08. The van der Waals surface area contributed by atoms with Crippen molar-refractivity contribution in [3.8, 4) is 0 Å². The molecule has 0 spiro atoms. The molecule has 1 aromatic rings. The van der Waals surface area contributed by atoms with E-state index in [9.17, 15) is 16.5 Å². The summed E-state index contributed by atoms with van der Waals surface area (Å²) in [5.41, 5.74) is -0.0799. The van der Waals surface area contributed by atoms with Gasteiger partial charge in [0.1, 0.15) is 4.90 Å². The lowest BCUT2D eigenvalue weighted by Crippen LogP contribution is -2.05. The van der Waals surface area contributed by atoms with Gasteiger partial charge in [0.05, 0.1) is 15.4 Å². The maximum atomic E-state index is 13.0. The Labute approximate surface area is 101 Å². The van der Waals surface area contributed by atoms with Gasteiger partial charge in [0, 0.05) is 11.5 Å². The van der Waals surface area contributed by atoms with Crippen LogP contribution in [0.25, 0.3) is 0 Å². The molecule has 0 heterocycles. The molecule has 7 heteroatoms. The molecule has 0 aliphatic carbocycles. The van der Waals surface area contributed by atoms with Crippen molar-refractivity contribution in [1.82, 2.24) is 0 Å². The van der Waals surface area contributed by atoms with E-state index < -0.39 is 24.8 Å². The number of benzene rings is 1. The monoisotopic (exact) mass is 279 g/mol. The lowest BCUT2D eigenvalue weighted by molar-refractivity contribution is 0.552. The molecule has 0 N–H and O–H groups in total. The summed E-state index contributed by atoms with van der Waals surface area (Å²) in [6.45, 7) is 3.39. The predicted octanol–water partition coefficient (Wildman–Crippen LogP) is 2.48. The molecular weight excluding hydrogens is 265 g/mol. The summed E-state index contributed by atoms with van der Waals surface area (Å²) in [6.07, 6.45) is 0. The van der Waals surface area contributed by atoms with E-state index in [2.05, 4.69) is 4.36 Å². The van der Waals surface area contributed by atoms with Gasteiger partial charge in [-0.3, -0.25) is 0 Å². The summed E-state index contributed by atoms with van der Waals surface area (Å²) in [5, 5.41) is 0. The van der Waals surface area contributed by atoms with E-state index in [0.29, 0.717) is 11.5 Å². The SMILES string of the molecule is CCS(=O)(CC)=Nc1ccccc1S(=O)(=O)F. The Balaban J connectivity index is 3.50. The van der Waals surface area contributed by atoms with Crippen molar-refractivity contribution in [2.24, 2.45) is 4.36 Å². The molecule has 0 atom stereocenters. The fraction of sp³-hybridized carbons (Fsp3) is 0.400. The zero-order valence-corrected chi connectivity index (χ0v) is 11.2. The third-order valence-electron chi connectivity index (χ3n) is 2.29. The van der Waals surface area contributed by atoms with Gasteiger partial charge in [-0.05, 0) is 12.1 Å². The molecule has 0 saturated carbocycles. The number of rotatable bonds is 4. The zero-order chi connectivity index (χ0) is 13.1. The summed E-state index contributed by atoms with van der Waals surface area (Å²) >= 11 is 0. The van der Waals surface area contributed by atoms with Crippen LogP contribution in [-0.2, 0) is 20.0 Å². The van der Waals surface area contributed by atoms with Gasteiger partial charge in [0.15, 0.2) is 0 Å². The fourth-order valence-corrected chi connectivity index (χ4v) is 3.10. The van der Waals surface area contributed by atoms with Crippen molar-refractivity contribution in [1.29, 1.82) is 0 Å². The molecule has 17 heavy (non-hydrogen) atoms. The van der Waals surface area contributed by atoms with Crippen molar-refractivity contribution in [3.63, 3.8) is 0 Å². The molecule has 1 aromatic carbocycles. The highest BCUT2D eigenvalue weighted by Crippen LogP contribution is 2.26. The molecule has 0 amide bonds. The Kier molecular flexibility index (Phi) is 4.26. The first kappa shape index (κ1) is 14.1. The first-order valence-corrected chi connectivity index (χ1v) is 8.32. The van der Waals surface area contributed by atoms with Crippen LogP contribution < -0.4 is 0 Å². The smallest absolute Gasteiger partial charge is 0.249 e. The minimum Gasteiger partial charge on any atom is -0.249 e. The van der Waals surface area contributed by atoms with Crippen LogP contribution in [0.3, 0.4) is 0 Å². The van der Waals surface area contributed by atoms with Crippen LogP contribution in [0, 0.1) is 0 Å². The van der Waals surface area contributed by atoms with Crippen LogP contribution in [0.5, 0.6) is 0 Å². The van der Waals surface area contributed by atoms with Crippen LogP contribution in [-0.4, -0.2) is 24.1 Å². The minimum absolute atomic E-state index is 0.0799. The molecule has 4 nitrogen and oxygen atoms in total. The van der Waals surface area contributed by atoms with E-state index >= 15 is 0 Å². The molecule has 0 unspecified atom stereocenters. The van der Waals surface area contributed by atoms with Crippen LogP contribution in [0.1, 0.15) is 13.8 Å². The number of halogens is 1. The largest absolute Gasteiger partial charge is 0.334 e. The van der Waals surface area contributed by atoms with Crippen molar-refractivity contribution in [2.45, 2.75) is 18.7 Å². The first-order chi connectivity index (χ1) is 7.82. The maximum Gasteiger partial charge on any atom is 0.334 e. The van der Waals surface area contributed by atoms with Crippen molar-refractivity contribution < 1.29 is 16.5 Å². The molecule has 0 saturated heterocycles. The highest BCUT2D eigenvalue weighted by atomic mass is 32.3. The van der Waals surface area contributed by atoms with E-state index in [1.54, 1.807) is 13.8 Å². The van der Waals surface area contributed by atoms with Crippen molar-refractivity contribution in [3.05, 3.63) is 24.3 Å². The topological polar surface area (TPSA) is 63.6 Å². The molecular formula is C10H14FNO3S2. The average Bonchev–Trinajstić information content (AvgIpc) is 2.28. The molecule has 0 aromatic heterocycles. The highest BCUT2D eigenvalue weighted by Gasteiger charge is 2.17. The Hall–Kier alpha value is -0.950. The van der Waals surface area contributed by atoms with Gasteiger partial charge in [-0.2, -0.15) is 12.8 Å². The molecule has 0 aliphatic rings. The normalized spacial score (nSPS) is 12.4. The second-order valence-electron chi connectivity index (χ2n) is 3.35. The van der Waals surface area contributed by atoms with Crippen LogP contribution in [0.4, 0.5) is 9.57 Å². The third-order valence-corrected chi connectivity index (χ3v) is 5.50. The van der Waals surface area contributed by atoms with Crippen molar-refractivity contribution >= 4 is 25.6 Å². The molecule has 0 bridgehead atoms. The van der Waals surface area contributed by atoms with E-state index in [1.807, 2.05) is 0 Å². The zero-order valence-electron chi connectivity index (χ0n) is 9.59. The quantitative estimate of drug-likeness (QED) is 0.795. The lowest BCUT2D eigenvalue weighted by atomic mass is 10.3. The molecule has 1 rings (SSSR count). The summed E-state index contributed by atoms with van der Waals surface area (Å²) in [7, 11) is -7.35. The number of hydrogen-bond donors (Lipinski definition) is 0. The van der Waals surface area contributed by atoms with Gasteiger partial charge >= 0.3 is 10.2 Å². The van der Waals surface area contributed by atoms with E-state index in [4.69, 9.17) is 0 Å². The number of hydrogen-bond acceptors (Lipinski definition) is 4. The minimum atomic E-state index is -4.84. The standard InChI is InChI=1S/C10H14FNO3S2/c1-3-16(13,4-2)12-9-7-5-6-8-10(9)17(11,14)15/h5-8H,3-4H2,1-2H3. The van der Waals surface area contributed by atoms with Gasteiger partial charge in [-0.15, -0.1) is 3.89 Å². The van der Waals surface area contributed by atoms with Gasteiger partial charge in [0.25, 0.3) is 0 Å². The summed E-state index contributed by atoms with van der Waals surface area (Å²) in [4.78, 5) is -0.533. The van der Waals surface area contributed by atoms with Gasteiger partial charge in [0.2, 0.25) is 0 Å². The van der Waals surface area contributed by atoms with Gasteiger partial charge in [-0.1, -0.05) is 26.0 Å². The predicted molar refractivity (Wildman–Crippen MR) is 66.0 cm³/mol. The average molecular weight is 279 g/mol. The van der Waals surface area contributed by atoms with Crippen molar-refractivity contribution in [2.75, 3.05) is 11.5 Å². The number of nitrogens with zero attached hydrogens (tertiary/aromatic N) is 1. The highest BCUT2D eigenvalue weighted by molar-refractivity contribution is 7.93.